The Kier molecular flexibility index (Phi) is 5.66. The van der Waals surface area contributed by atoms with E-state index in [2.05, 4.69) is 15.2 Å². The van der Waals surface area contributed by atoms with Gasteiger partial charge in [0.15, 0.2) is 0 Å². The van der Waals surface area contributed by atoms with Crippen LogP contribution in [0.1, 0.15) is 49.0 Å². The largest absolute Gasteiger partial charge is 0.357 e. The zero-order valence-electron chi connectivity index (χ0n) is 16.0. The second-order valence-corrected chi connectivity index (χ2v) is 8.06. The van der Waals surface area contributed by atoms with Gasteiger partial charge in [-0.15, -0.1) is 0 Å². The molecular formula is C20H31N5O2. The predicted octanol–water partition coefficient (Wildman–Crippen LogP) is 1.89. The lowest BCUT2D eigenvalue weighted by Gasteiger charge is -2.38. The van der Waals surface area contributed by atoms with E-state index in [-0.39, 0.29) is 18.0 Å². The number of aromatic nitrogens is 1. The monoisotopic (exact) mass is 373 g/mol. The van der Waals surface area contributed by atoms with Gasteiger partial charge in [-0.25, -0.2) is 4.79 Å². The normalized spacial score (nSPS) is 23.0. The fourth-order valence-corrected chi connectivity index (χ4v) is 4.69. The summed E-state index contributed by atoms with van der Waals surface area (Å²) < 4.78 is 0. The van der Waals surface area contributed by atoms with Gasteiger partial charge in [-0.1, -0.05) is 12.8 Å². The SMILES string of the molecule is O=C(NC1CCN(C2CCCC2)CC1)N1CCN(C(=O)c2ccc[nH]2)CC1. The minimum Gasteiger partial charge on any atom is -0.357 e. The van der Waals surface area contributed by atoms with Crippen molar-refractivity contribution in [2.24, 2.45) is 0 Å². The summed E-state index contributed by atoms with van der Waals surface area (Å²) in [7, 11) is 0. The van der Waals surface area contributed by atoms with Crippen LogP contribution < -0.4 is 5.32 Å². The molecule has 3 heterocycles. The van der Waals surface area contributed by atoms with Crippen molar-refractivity contribution in [2.45, 2.75) is 50.6 Å². The van der Waals surface area contributed by atoms with Gasteiger partial charge in [0.2, 0.25) is 0 Å². The minimum absolute atomic E-state index is 0.0133. The highest BCUT2D eigenvalue weighted by Crippen LogP contribution is 2.26. The van der Waals surface area contributed by atoms with E-state index in [1.54, 1.807) is 12.3 Å². The molecule has 0 aromatic carbocycles. The van der Waals surface area contributed by atoms with Gasteiger partial charge in [0.05, 0.1) is 0 Å². The predicted molar refractivity (Wildman–Crippen MR) is 104 cm³/mol. The van der Waals surface area contributed by atoms with Crippen molar-refractivity contribution in [1.82, 2.24) is 25.0 Å². The van der Waals surface area contributed by atoms with E-state index in [0.29, 0.717) is 31.9 Å². The number of carbonyl (C=O) groups excluding carboxylic acids is 2. The first-order valence-corrected chi connectivity index (χ1v) is 10.4. The second-order valence-electron chi connectivity index (χ2n) is 8.06. The molecule has 1 aromatic heterocycles. The number of hydrogen-bond acceptors (Lipinski definition) is 3. The van der Waals surface area contributed by atoms with Crippen LogP contribution >= 0.6 is 0 Å². The van der Waals surface area contributed by atoms with Gasteiger partial charge < -0.3 is 25.0 Å². The van der Waals surface area contributed by atoms with Crippen molar-refractivity contribution in [3.63, 3.8) is 0 Å². The Labute approximate surface area is 161 Å². The fourth-order valence-electron chi connectivity index (χ4n) is 4.69. The number of nitrogens with zero attached hydrogens (tertiary/aromatic N) is 3. The number of piperazine rings is 1. The van der Waals surface area contributed by atoms with E-state index in [4.69, 9.17) is 0 Å². The summed E-state index contributed by atoms with van der Waals surface area (Å²) in [6.45, 7) is 4.58. The van der Waals surface area contributed by atoms with E-state index in [0.717, 1.165) is 32.0 Å². The first kappa shape index (κ1) is 18.3. The first-order chi connectivity index (χ1) is 13.2. The van der Waals surface area contributed by atoms with Gasteiger partial charge in [0.1, 0.15) is 5.69 Å². The molecule has 0 atom stereocenters. The maximum Gasteiger partial charge on any atom is 0.317 e. The molecule has 1 aliphatic carbocycles. The molecule has 1 aromatic rings. The Morgan fingerprint density at radius 1 is 0.926 bits per heavy atom. The quantitative estimate of drug-likeness (QED) is 0.850. The highest BCUT2D eigenvalue weighted by atomic mass is 16.2. The number of aromatic amines is 1. The Morgan fingerprint density at radius 2 is 1.59 bits per heavy atom. The average molecular weight is 374 g/mol. The molecule has 0 unspecified atom stereocenters. The van der Waals surface area contributed by atoms with E-state index in [9.17, 15) is 9.59 Å². The number of rotatable bonds is 3. The third-order valence-corrected chi connectivity index (χ3v) is 6.38. The third kappa shape index (κ3) is 4.29. The number of carbonyl (C=O) groups is 2. The topological polar surface area (TPSA) is 71.7 Å². The summed E-state index contributed by atoms with van der Waals surface area (Å²) in [6.07, 6.45) is 9.31. The highest BCUT2D eigenvalue weighted by molar-refractivity contribution is 5.92. The number of piperidine rings is 1. The zero-order chi connectivity index (χ0) is 18.6. The van der Waals surface area contributed by atoms with E-state index < -0.39 is 0 Å². The molecular weight excluding hydrogens is 342 g/mol. The lowest BCUT2D eigenvalue weighted by atomic mass is 10.0. The molecule has 2 N–H and O–H groups in total. The molecule has 0 bridgehead atoms. The van der Waals surface area contributed by atoms with Gasteiger partial charge in [-0.3, -0.25) is 4.79 Å². The van der Waals surface area contributed by atoms with Crippen LogP contribution in [0.4, 0.5) is 4.79 Å². The number of H-pyrrole nitrogens is 1. The Morgan fingerprint density at radius 3 is 2.22 bits per heavy atom. The zero-order valence-corrected chi connectivity index (χ0v) is 16.0. The van der Waals surface area contributed by atoms with Gasteiger partial charge in [0, 0.05) is 57.5 Å². The van der Waals surface area contributed by atoms with Gasteiger partial charge in [0.25, 0.3) is 5.91 Å². The van der Waals surface area contributed by atoms with Crippen LogP contribution in [0.15, 0.2) is 18.3 Å². The van der Waals surface area contributed by atoms with Crippen molar-refractivity contribution in [1.29, 1.82) is 0 Å². The van der Waals surface area contributed by atoms with Crippen LogP contribution in [0, 0.1) is 0 Å². The molecule has 4 rings (SSSR count). The lowest BCUT2D eigenvalue weighted by Crippen LogP contribution is -2.56. The number of urea groups is 1. The maximum atomic E-state index is 12.6. The van der Waals surface area contributed by atoms with Crippen LogP contribution in [-0.4, -0.2) is 83.0 Å². The van der Waals surface area contributed by atoms with Crippen molar-refractivity contribution in [3.8, 4) is 0 Å². The molecule has 7 heteroatoms. The molecule has 3 aliphatic rings. The van der Waals surface area contributed by atoms with Crippen molar-refractivity contribution in [2.75, 3.05) is 39.3 Å². The van der Waals surface area contributed by atoms with Crippen LogP contribution in [0.5, 0.6) is 0 Å². The molecule has 2 aliphatic heterocycles. The third-order valence-electron chi connectivity index (χ3n) is 6.38. The summed E-state index contributed by atoms with van der Waals surface area (Å²) >= 11 is 0. The van der Waals surface area contributed by atoms with E-state index in [1.807, 2.05) is 15.9 Å². The Hall–Kier alpha value is -2.02. The average Bonchev–Trinajstić information content (AvgIpc) is 3.42. The standard InChI is InChI=1S/C20H31N5O2/c26-19(18-6-3-9-21-18)24-12-14-25(15-13-24)20(27)22-16-7-10-23(11-8-16)17-4-1-2-5-17/h3,6,9,16-17,21H,1-2,4-5,7-8,10-15H2,(H,22,27). The molecule has 27 heavy (non-hydrogen) atoms. The molecule has 1 saturated carbocycles. The molecule has 0 radical (unpaired) electrons. The van der Waals surface area contributed by atoms with Crippen LogP contribution in [0.25, 0.3) is 0 Å². The summed E-state index contributed by atoms with van der Waals surface area (Å²) in [4.78, 5) is 34.2. The smallest absolute Gasteiger partial charge is 0.317 e. The molecule has 7 nitrogen and oxygen atoms in total. The van der Waals surface area contributed by atoms with Crippen LogP contribution in [0.2, 0.25) is 0 Å². The van der Waals surface area contributed by atoms with Crippen molar-refractivity contribution < 1.29 is 9.59 Å². The Bertz CT molecular complexity index is 625. The molecule has 3 amide bonds. The molecule has 0 spiro atoms. The second kappa shape index (κ2) is 8.33. The number of amides is 3. The number of nitrogens with one attached hydrogen (secondary N) is 2. The van der Waals surface area contributed by atoms with Crippen LogP contribution in [0.3, 0.4) is 0 Å². The van der Waals surface area contributed by atoms with Gasteiger partial charge in [-0.2, -0.15) is 0 Å². The Balaban J connectivity index is 1.19. The van der Waals surface area contributed by atoms with Crippen molar-refractivity contribution in [3.05, 3.63) is 24.0 Å². The van der Waals surface area contributed by atoms with E-state index >= 15 is 0 Å². The minimum atomic E-state index is 0.0133. The molecule has 3 fully saturated rings. The fraction of sp³-hybridized carbons (Fsp3) is 0.700. The maximum absolute atomic E-state index is 12.6. The number of likely N-dealkylation sites (tertiary alicyclic amines) is 1. The molecule has 2 saturated heterocycles. The van der Waals surface area contributed by atoms with Gasteiger partial charge in [-0.05, 0) is 37.8 Å². The summed E-state index contributed by atoms with van der Waals surface area (Å²) in [5, 5.41) is 3.22. The summed E-state index contributed by atoms with van der Waals surface area (Å²) in [5.41, 5.74) is 0.613. The molecule has 148 valence electrons. The van der Waals surface area contributed by atoms with Crippen molar-refractivity contribution >= 4 is 11.9 Å². The van der Waals surface area contributed by atoms with Gasteiger partial charge >= 0.3 is 6.03 Å². The summed E-state index contributed by atoms with van der Waals surface area (Å²) in [5.74, 6) is 0.0133. The highest BCUT2D eigenvalue weighted by Gasteiger charge is 2.30. The van der Waals surface area contributed by atoms with Crippen LogP contribution in [-0.2, 0) is 0 Å². The lowest BCUT2D eigenvalue weighted by molar-refractivity contribution is 0.0655. The summed E-state index contributed by atoms with van der Waals surface area (Å²) in [6, 6.07) is 4.72. The number of hydrogen-bond donors (Lipinski definition) is 2. The van der Waals surface area contributed by atoms with E-state index in [1.165, 1.54) is 25.7 Å². The first-order valence-electron chi connectivity index (χ1n) is 10.4.